The minimum atomic E-state index is 0.198. The van der Waals surface area contributed by atoms with Gasteiger partial charge in [-0.05, 0) is 11.5 Å². The largest absolute Gasteiger partial charge is 0.341 e. The van der Waals surface area contributed by atoms with Crippen molar-refractivity contribution < 1.29 is 4.79 Å². The van der Waals surface area contributed by atoms with Crippen molar-refractivity contribution in [2.75, 3.05) is 26.2 Å². The topological polar surface area (TPSA) is 23.6 Å². The number of nitrogens with zero attached hydrogens (tertiary/aromatic N) is 2. The molecule has 0 spiro atoms. The number of benzene rings is 1. The third-order valence-electron chi connectivity index (χ3n) is 3.48. The maximum absolute atomic E-state index is 11.5. The van der Waals surface area contributed by atoms with E-state index in [1.807, 2.05) is 11.0 Å². The highest BCUT2D eigenvalue weighted by molar-refractivity contribution is 5.73. The zero-order valence-electron chi connectivity index (χ0n) is 11.3. The molecule has 0 bridgehead atoms. The summed E-state index contributed by atoms with van der Waals surface area (Å²) in [5.74, 6) is 0.739. The van der Waals surface area contributed by atoms with Gasteiger partial charge < -0.3 is 4.90 Å². The predicted octanol–water partition coefficient (Wildman–Crippen LogP) is 1.99. The fraction of sp³-hybridized carbons (Fsp3) is 0.533. The molecule has 3 nitrogen and oxygen atoms in total. The normalized spacial score (nSPS) is 21.7. The Bertz CT molecular complexity index is 391. The molecule has 1 aromatic rings. The first kappa shape index (κ1) is 13.1. The van der Waals surface area contributed by atoms with E-state index in [0.29, 0.717) is 5.92 Å². The summed E-state index contributed by atoms with van der Waals surface area (Å²) >= 11 is 0. The minimum Gasteiger partial charge on any atom is -0.341 e. The average Bonchev–Trinajstić information content (AvgIpc) is 2.52. The van der Waals surface area contributed by atoms with E-state index in [2.05, 4.69) is 36.1 Å². The molecule has 0 radical (unpaired) electrons. The van der Waals surface area contributed by atoms with Gasteiger partial charge in [0.05, 0.1) is 0 Å². The van der Waals surface area contributed by atoms with E-state index in [1.54, 1.807) is 6.92 Å². The van der Waals surface area contributed by atoms with Crippen LogP contribution in [0.4, 0.5) is 0 Å². The maximum atomic E-state index is 11.5. The number of carbonyl (C=O) groups is 1. The van der Waals surface area contributed by atoms with E-state index in [-0.39, 0.29) is 5.91 Å². The number of carbonyl (C=O) groups excluding carboxylic acids is 1. The van der Waals surface area contributed by atoms with E-state index < -0.39 is 0 Å². The molecular weight excluding hydrogens is 224 g/mol. The summed E-state index contributed by atoms with van der Waals surface area (Å²) in [6.07, 6.45) is 0. The van der Waals surface area contributed by atoms with Crippen LogP contribution in [0, 0.1) is 5.92 Å². The Morgan fingerprint density at radius 3 is 2.61 bits per heavy atom. The molecule has 3 heteroatoms. The summed E-state index contributed by atoms with van der Waals surface area (Å²) in [7, 11) is 0. The summed E-state index contributed by atoms with van der Waals surface area (Å²) in [5, 5.41) is 0. The second-order valence-electron chi connectivity index (χ2n) is 5.29. The third kappa shape index (κ3) is 3.57. The summed E-state index contributed by atoms with van der Waals surface area (Å²) in [5.41, 5.74) is 1.35. The highest BCUT2D eigenvalue weighted by atomic mass is 16.2. The molecule has 0 saturated carbocycles. The fourth-order valence-corrected chi connectivity index (χ4v) is 2.59. The van der Waals surface area contributed by atoms with E-state index in [0.717, 1.165) is 32.7 Å². The van der Waals surface area contributed by atoms with Gasteiger partial charge >= 0.3 is 0 Å². The van der Waals surface area contributed by atoms with Crippen LogP contribution in [0.3, 0.4) is 0 Å². The van der Waals surface area contributed by atoms with Crippen LogP contribution in [-0.2, 0) is 11.3 Å². The van der Waals surface area contributed by atoms with Gasteiger partial charge in [0.15, 0.2) is 0 Å². The molecule has 1 aliphatic rings. The molecule has 0 N–H and O–H groups in total. The number of amides is 1. The third-order valence-corrected chi connectivity index (χ3v) is 3.48. The van der Waals surface area contributed by atoms with Crippen molar-refractivity contribution in [3.63, 3.8) is 0 Å². The van der Waals surface area contributed by atoms with Gasteiger partial charge in [-0.15, -0.1) is 0 Å². The molecule has 0 aromatic heterocycles. The molecule has 1 aromatic carbocycles. The number of rotatable bonds is 2. The van der Waals surface area contributed by atoms with Crippen molar-refractivity contribution in [2.45, 2.75) is 20.4 Å². The van der Waals surface area contributed by atoms with Crippen LogP contribution in [0.1, 0.15) is 19.4 Å². The predicted molar refractivity (Wildman–Crippen MR) is 73.1 cm³/mol. The summed E-state index contributed by atoms with van der Waals surface area (Å²) in [6, 6.07) is 10.5. The van der Waals surface area contributed by atoms with Crippen LogP contribution >= 0.6 is 0 Å². The lowest BCUT2D eigenvalue weighted by Crippen LogP contribution is -2.33. The molecule has 2 rings (SSSR count). The van der Waals surface area contributed by atoms with Gasteiger partial charge in [0, 0.05) is 39.6 Å². The molecule has 18 heavy (non-hydrogen) atoms. The molecule has 98 valence electrons. The highest BCUT2D eigenvalue weighted by Gasteiger charge is 2.21. The Morgan fingerprint density at radius 2 is 1.94 bits per heavy atom. The van der Waals surface area contributed by atoms with Gasteiger partial charge in [-0.25, -0.2) is 0 Å². The van der Waals surface area contributed by atoms with Gasteiger partial charge in [0.1, 0.15) is 0 Å². The molecule has 1 heterocycles. The highest BCUT2D eigenvalue weighted by Crippen LogP contribution is 2.12. The summed E-state index contributed by atoms with van der Waals surface area (Å²) in [6.45, 7) is 8.65. The zero-order chi connectivity index (χ0) is 13.0. The Kier molecular flexibility index (Phi) is 4.37. The summed E-state index contributed by atoms with van der Waals surface area (Å²) < 4.78 is 0. The van der Waals surface area contributed by atoms with Crippen molar-refractivity contribution in [3.8, 4) is 0 Å². The first-order valence-electron chi connectivity index (χ1n) is 6.67. The molecule has 1 atom stereocenters. The standard InChI is InChI=1S/C15H22N2O/c1-13-10-16(8-9-17(11-13)14(2)18)12-15-6-4-3-5-7-15/h3-7,13H,8-12H2,1-2H3. The second-order valence-corrected chi connectivity index (χ2v) is 5.29. The Hall–Kier alpha value is -1.35. The summed E-state index contributed by atoms with van der Waals surface area (Å²) in [4.78, 5) is 15.9. The number of hydrogen-bond acceptors (Lipinski definition) is 2. The van der Waals surface area contributed by atoms with E-state index in [1.165, 1.54) is 5.56 Å². The maximum Gasteiger partial charge on any atom is 0.219 e. The lowest BCUT2D eigenvalue weighted by molar-refractivity contribution is -0.129. The van der Waals surface area contributed by atoms with Gasteiger partial charge in [0.2, 0.25) is 5.91 Å². The van der Waals surface area contributed by atoms with E-state index >= 15 is 0 Å². The Morgan fingerprint density at radius 1 is 1.22 bits per heavy atom. The molecule has 0 aliphatic carbocycles. The van der Waals surface area contributed by atoms with E-state index in [9.17, 15) is 4.79 Å². The fourth-order valence-electron chi connectivity index (χ4n) is 2.59. The van der Waals surface area contributed by atoms with Crippen LogP contribution in [0.25, 0.3) is 0 Å². The molecule has 1 unspecified atom stereocenters. The van der Waals surface area contributed by atoms with Gasteiger partial charge in [-0.2, -0.15) is 0 Å². The van der Waals surface area contributed by atoms with Crippen LogP contribution in [-0.4, -0.2) is 41.9 Å². The molecular formula is C15H22N2O. The van der Waals surface area contributed by atoms with Crippen molar-refractivity contribution in [2.24, 2.45) is 5.92 Å². The van der Waals surface area contributed by atoms with Crippen molar-refractivity contribution in [3.05, 3.63) is 35.9 Å². The lowest BCUT2D eigenvalue weighted by atomic mass is 10.1. The first-order chi connectivity index (χ1) is 8.65. The zero-order valence-corrected chi connectivity index (χ0v) is 11.3. The Balaban J connectivity index is 1.96. The quantitative estimate of drug-likeness (QED) is 0.796. The van der Waals surface area contributed by atoms with E-state index in [4.69, 9.17) is 0 Å². The van der Waals surface area contributed by atoms with Crippen LogP contribution in [0.5, 0.6) is 0 Å². The molecule has 1 amide bonds. The first-order valence-corrected chi connectivity index (χ1v) is 6.67. The van der Waals surface area contributed by atoms with Crippen LogP contribution < -0.4 is 0 Å². The minimum absolute atomic E-state index is 0.198. The second kappa shape index (κ2) is 6.01. The number of hydrogen-bond donors (Lipinski definition) is 0. The average molecular weight is 246 g/mol. The van der Waals surface area contributed by atoms with Gasteiger partial charge in [0.25, 0.3) is 0 Å². The van der Waals surface area contributed by atoms with Crippen molar-refractivity contribution in [1.29, 1.82) is 0 Å². The van der Waals surface area contributed by atoms with Crippen LogP contribution in [0.2, 0.25) is 0 Å². The molecule has 1 fully saturated rings. The lowest BCUT2D eigenvalue weighted by Gasteiger charge is -2.21. The molecule has 1 aliphatic heterocycles. The molecule has 1 saturated heterocycles. The Labute approximate surface area is 109 Å². The van der Waals surface area contributed by atoms with Crippen molar-refractivity contribution in [1.82, 2.24) is 9.80 Å². The van der Waals surface area contributed by atoms with Gasteiger partial charge in [-0.3, -0.25) is 9.69 Å². The monoisotopic (exact) mass is 246 g/mol. The SMILES string of the molecule is CC(=O)N1CCN(Cc2ccccc2)CC(C)C1. The van der Waals surface area contributed by atoms with Gasteiger partial charge in [-0.1, -0.05) is 37.3 Å². The van der Waals surface area contributed by atoms with Crippen molar-refractivity contribution >= 4 is 5.91 Å². The smallest absolute Gasteiger partial charge is 0.219 e. The van der Waals surface area contributed by atoms with Crippen LogP contribution in [0.15, 0.2) is 30.3 Å².